The second-order valence-electron chi connectivity index (χ2n) is 4.38. The Labute approximate surface area is 93.1 Å². The van der Waals surface area contributed by atoms with Gasteiger partial charge in [0.2, 0.25) is 5.91 Å². The van der Waals surface area contributed by atoms with E-state index in [1.807, 2.05) is 16.7 Å². The van der Waals surface area contributed by atoms with Crippen LogP contribution >= 0.6 is 0 Å². The van der Waals surface area contributed by atoms with Crippen molar-refractivity contribution in [3.05, 3.63) is 35.8 Å². The van der Waals surface area contributed by atoms with Crippen LogP contribution in [0.4, 0.5) is 0 Å². The van der Waals surface area contributed by atoms with E-state index in [9.17, 15) is 4.79 Å². The van der Waals surface area contributed by atoms with Crippen molar-refractivity contribution in [2.24, 2.45) is 5.73 Å². The van der Waals surface area contributed by atoms with Crippen molar-refractivity contribution in [2.75, 3.05) is 0 Å². The molecule has 0 saturated heterocycles. The third kappa shape index (κ3) is 1.66. The molecule has 4 heteroatoms. The molecule has 0 spiro atoms. The average molecular weight is 215 g/mol. The van der Waals surface area contributed by atoms with Crippen LogP contribution in [0.15, 0.2) is 24.5 Å². The summed E-state index contributed by atoms with van der Waals surface area (Å²) >= 11 is 0. The van der Waals surface area contributed by atoms with Gasteiger partial charge in [0, 0.05) is 12.4 Å². The van der Waals surface area contributed by atoms with Gasteiger partial charge in [-0.3, -0.25) is 4.79 Å². The summed E-state index contributed by atoms with van der Waals surface area (Å²) in [6.07, 6.45) is 6.76. The summed E-state index contributed by atoms with van der Waals surface area (Å²) in [6.45, 7) is 0. The predicted octanol–water partition coefficient (Wildman–Crippen LogP) is 1.24. The SMILES string of the molecule is NC(=O)Cc1cn2cc(C3CC3)ccc2n1. The van der Waals surface area contributed by atoms with Crippen LogP contribution < -0.4 is 5.73 Å². The number of carbonyl (C=O) groups is 1. The van der Waals surface area contributed by atoms with Crippen molar-refractivity contribution in [1.29, 1.82) is 0 Å². The minimum Gasteiger partial charge on any atom is -0.369 e. The van der Waals surface area contributed by atoms with Gasteiger partial charge in [-0.15, -0.1) is 0 Å². The lowest BCUT2D eigenvalue weighted by Crippen LogP contribution is -2.13. The molecule has 0 bridgehead atoms. The van der Waals surface area contributed by atoms with E-state index in [1.165, 1.54) is 18.4 Å². The van der Waals surface area contributed by atoms with Gasteiger partial charge in [0.15, 0.2) is 0 Å². The van der Waals surface area contributed by atoms with E-state index in [-0.39, 0.29) is 12.3 Å². The number of pyridine rings is 1. The highest BCUT2D eigenvalue weighted by molar-refractivity contribution is 5.76. The van der Waals surface area contributed by atoms with Gasteiger partial charge in [-0.2, -0.15) is 0 Å². The van der Waals surface area contributed by atoms with Crippen molar-refractivity contribution in [3.8, 4) is 0 Å². The summed E-state index contributed by atoms with van der Waals surface area (Å²) in [5.74, 6) is 0.386. The zero-order valence-corrected chi connectivity index (χ0v) is 8.89. The number of primary amides is 1. The molecule has 2 N–H and O–H groups in total. The number of imidazole rings is 1. The van der Waals surface area contributed by atoms with Gasteiger partial charge in [0.05, 0.1) is 12.1 Å². The number of nitrogens with two attached hydrogens (primary N) is 1. The van der Waals surface area contributed by atoms with Gasteiger partial charge in [0.1, 0.15) is 5.65 Å². The van der Waals surface area contributed by atoms with E-state index < -0.39 is 0 Å². The maximum absolute atomic E-state index is 10.8. The Balaban J connectivity index is 1.99. The Morgan fingerprint density at radius 3 is 2.94 bits per heavy atom. The van der Waals surface area contributed by atoms with Gasteiger partial charge in [0.25, 0.3) is 0 Å². The molecule has 1 aliphatic carbocycles. The second-order valence-corrected chi connectivity index (χ2v) is 4.38. The normalized spacial score (nSPS) is 15.5. The highest BCUT2D eigenvalue weighted by Crippen LogP contribution is 2.39. The molecule has 0 aliphatic heterocycles. The lowest BCUT2D eigenvalue weighted by molar-refractivity contribution is -0.117. The summed E-state index contributed by atoms with van der Waals surface area (Å²) in [7, 11) is 0. The summed E-state index contributed by atoms with van der Waals surface area (Å²) in [5.41, 5.74) is 8.12. The van der Waals surface area contributed by atoms with Crippen LogP contribution in [0, 0.1) is 0 Å². The average Bonchev–Trinajstić information content (AvgIpc) is 2.98. The predicted molar refractivity (Wildman–Crippen MR) is 60.1 cm³/mol. The van der Waals surface area contributed by atoms with E-state index in [4.69, 9.17) is 5.73 Å². The van der Waals surface area contributed by atoms with Crippen LogP contribution in [0.25, 0.3) is 5.65 Å². The zero-order chi connectivity index (χ0) is 11.1. The maximum Gasteiger partial charge on any atom is 0.223 e. The van der Waals surface area contributed by atoms with Crippen LogP contribution in [-0.4, -0.2) is 15.3 Å². The Bertz CT molecular complexity index is 554. The first kappa shape index (κ1) is 9.39. The van der Waals surface area contributed by atoms with Crippen molar-refractivity contribution in [3.63, 3.8) is 0 Å². The molecular weight excluding hydrogens is 202 g/mol. The number of hydrogen-bond acceptors (Lipinski definition) is 2. The minimum absolute atomic E-state index is 0.209. The number of rotatable bonds is 3. The fraction of sp³-hybridized carbons (Fsp3) is 0.333. The highest BCUT2D eigenvalue weighted by Gasteiger charge is 2.23. The van der Waals surface area contributed by atoms with Gasteiger partial charge in [-0.1, -0.05) is 6.07 Å². The third-order valence-corrected chi connectivity index (χ3v) is 2.93. The van der Waals surface area contributed by atoms with Gasteiger partial charge in [-0.25, -0.2) is 4.98 Å². The number of fused-ring (bicyclic) bond motifs is 1. The number of aromatic nitrogens is 2. The van der Waals surface area contributed by atoms with E-state index >= 15 is 0 Å². The molecule has 16 heavy (non-hydrogen) atoms. The highest BCUT2D eigenvalue weighted by atomic mass is 16.1. The molecule has 1 fully saturated rings. The largest absolute Gasteiger partial charge is 0.369 e. The molecule has 4 nitrogen and oxygen atoms in total. The monoisotopic (exact) mass is 215 g/mol. The Morgan fingerprint density at radius 1 is 1.44 bits per heavy atom. The van der Waals surface area contributed by atoms with E-state index in [1.54, 1.807) is 0 Å². The van der Waals surface area contributed by atoms with Crippen LogP contribution in [0.3, 0.4) is 0 Å². The zero-order valence-electron chi connectivity index (χ0n) is 8.89. The number of amides is 1. The first-order valence-corrected chi connectivity index (χ1v) is 5.48. The summed E-state index contributed by atoms with van der Waals surface area (Å²) in [4.78, 5) is 15.1. The Kier molecular flexibility index (Phi) is 1.96. The van der Waals surface area contributed by atoms with Crippen LogP contribution in [0.1, 0.15) is 30.0 Å². The summed E-state index contributed by atoms with van der Waals surface area (Å²) in [6, 6.07) is 4.12. The van der Waals surface area contributed by atoms with E-state index in [0.717, 1.165) is 17.3 Å². The third-order valence-electron chi connectivity index (χ3n) is 2.93. The molecule has 2 aromatic heterocycles. The van der Waals surface area contributed by atoms with E-state index in [0.29, 0.717) is 0 Å². The standard InChI is InChI=1S/C12H13N3O/c13-11(16)5-10-7-15-6-9(8-1-2-8)3-4-12(15)14-10/h3-4,6-8H,1-2,5H2,(H2,13,16). The molecule has 2 heterocycles. The summed E-state index contributed by atoms with van der Waals surface area (Å²) < 4.78 is 1.98. The molecular formula is C12H13N3O. The van der Waals surface area contributed by atoms with E-state index in [2.05, 4.69) is 17.2 Å². The Hall–Kier alpha value is -1.84. The number of nitrogens with zero attached hydrogens (tertiary/aromatic N) is 2. The van der Waals surface area contributed by atoms with Crippen LogP contribution in [0.2, 0.25) is 0 Å². The molecule has 0 aromatic carbocycles. The first-order valence-electron chi connectivity index (χ1n) is 5.48. The second kappa shape index (κ2) is 3.33. The molecule has 3 rings (SSSR count). The maximum atomic E-state index is 10.8. The van der Waals surface area contributed by atoms with Crippen molar-refractivity contribution < 1.29 is 4.79 Å². The van der Waals surface area contributed by atoms with Crippen LogP contribution in [-0.2, 0) is 11.2 Å². The molecule has 82 valence electrons. The van der Waals surface area contributed by atoms with Crippen molar-refractivity contribution in [2.45, 2.75) is 25.2 Å². The molecule has 2 aromatic rings. The molecule has 0 atom stereocenters. The molecule has 1 aliphatic rings. The topological polar surface area (TPSA) is 60.4 Å². The Morgan fingerprint density at radius 2 is 2.25 bits per heavy atom. The minimum atomic E-state index is -0.342. The lowest BCUT2D eigenvalue weighted by atomic mass is 10.2. The van der Waals surface area contributed by atoms with Gasteiger partial charge in [-0.05, 0) is 30.4 Å². The summed E-state index contributed by atoms with van der Waals surface area (Å²) in [5, 5.41) is 0. The smallest absolute Gasteiger partial charge is 0.223 e. The number of carbonyl (C=O) groups excluding carboxylic acids is 1. The quantitative estimate of drug-likeness (QED) is 0.837. The molecule has 0 radical (unpaired) electrons. The fourth-order valence-electron chi connectivity index (χ4n) is 1.98. The van der Waals surface area contributed by atoms with Crippen LogP contribution in [0.5, 0.6) is 0 Å². The van der Waals surface area contributed by atoms with Gasteiger partial charge >= 0.3 is 0 Å². The fourth-order valence-corrected chi connectivity index (χ4v) is 1.98. The lowest BCUT2D eigenvalue weighted by Gasteiger charge is -1.98. The first-order chi connectivity index (χ1) is 7.72. The molecule has 1 amide bonds. The van der Waals surface area contributed by atoms with Gasteiger partial charge < -0.3 is 10.1 Å². The number of hydrogen-bond donors (Lipinski definition) is 1. The van der Waals surface area contributed by atoms with Crippen molar-refractivity contribution in [1.82, 2.24) is 9.38 Å². The van der Waals surface area contributed by atoms with Crippen molar-refractivity contribution >= 4 is 11.6 Å². The molecule has 1 saturated carbocycles. The molecule has 0 unspecified atom stereocenters.